The smallest absolute Gasteiger partial charge is 0.227 e. The Morgan fingerprint density at radius 2 is 1.86 bits per heavy atom. The van der Waals surface area contributed by atoms with E-state index in [4.69, 9.17) is 11.6 Å². The van der Waals surface area contributed by atoms with Crippen molar-refractivity contribution in [3.63, 3.8) is 0 Å². The number of aromatic nitrogens is 4. The second kappa shape index (κ2) is 11.3. The molecule has 0 bridgehead atoms. The Morgan fingerprint density at radius 3 is 2.65 bits per heavy atom. The van der Waals surface area contributed by atoms with Crippen LogP contribution in [0, 0.1) is 11.1 Å². The van der Waals surface area contributed by atoms with Crippen molar-refractivity contribution >= 4 is 45.1 Å². The molecule has 7 rings (SSSR count). The predicted molar refractivity (Wildman–Crippen MR) is 163 cm³/mol. The number of benzene rings is 2. The number of hydrogen-bond acceptors (Lipinski definition) is 5. The molecule has 2 amide bonds. The van der Waals surface area contributed by atoms with Gasteiger partial charge in [0.2, 0.25) is 11.8 Å². The first kappa shape index (κ1) is 27.3. The maximum absolute atomic E-state index is 14.0. The second-order valence-electron chi connectivity index (χ2n) is 11.6. The maximum Gasteiger partial charge on any atom is 0.227 e. The van der Waals surface area contributed by atoms with Crippen LogP contribution in [0.3, 0.4) is 0 Å². The maximum atomic E-state index is 14.0. The Hall–Kier alpha value is -4.50. The molecule has 5 aromatic rings. The summed E-state index contributed by atoms with van der Waals surface area (Å²) >= 11 is 6.60. The number of nitrogens with one attached hydrogen (secondary N) is 1. The van der Waals surface area contributed by atoms with E-state index in [0.717, 1.165) is 48.8 Å². The van der Waals surface area contributed by atoms with Crippen LogP contribution < -0.4 is 4.73 Å². The van der Waals surface area contributed by atoms with Gasteiger partial charge in [-0.2, -0.15) is 9.83 Å². The third-order valence-electron chi connectivity index (χ3n) is 8.99. The van der Waals surface area contributed by atoms with E-state index in [0.29, 0.717) is 50.5 Å². The number of pyridine rings is 2. The Bertz CT molecular complexity index is 1830. The van der Waals surface area contributed by atoms with Crippen LogP contribution in [0.4, 0.5) is 0 Å². The first-order chi connectivity index (χ1) is 20.9. The molecule has 1 N–H and O–H groups in total. The summed E-state index contributed by atoms with van der Waals surface area (Å²) in [5.74, 6) is -0.522. The number of nitrogens with zero attached hydrogens (tertiary/aromatic N) is 5. The van der Waals surface area contributed by atoms with Gasteiger partial charge in [0.15, 0.2) is 11.9 Å². The molecule has 2 aliphatic rings. The molecule has 5 heterocycles. The molecule has 0 aliphatic carbocycles. The number of amides is 2. The van der Waals surface area contributed by atoms with E-state index in [1.165, 1.54) is 0 Å². The van der Waals surface area contributed by atoms with Gasteiger partial charge in [0.05, 0.1) is 22.7 Å². The lowest BCUT2D eigenvalue weighted by Gasteiger charge is -2.32. The lowest BCUT2D eigenvalue weighted by Crippen LogP contribution is -2.43. The highest BCUT2D eigenvalue weighted by molar-refractivity contribution is 6.35. The number of piperidine rings is 1. The van der Waals surface area contributed by atoms with Gasteiger partial charge in [-0.25, -0.2) is 0 Å². The molecule has 2 aromatic carbocycles. The van der Waals surface area contributed by atoms with E-state index in [-0.39, 0.29) is 24.2 Å². The van der Waals surface area contributed by atoms with Crippen LogP contribution in [-0.4, -0.2) is 49.9 Å². The lowest BCUT2D eigenvalue weighted by atomic mass is 9.90. The van der Waals surface area contributed by atoms with Crippen molar-refractivity contribution in [2.75, 3.05) is 13.1 Å². The molecule has 0 saturated carbocycles. The monoisotopic (exact) mass is 594 g/mol. The fourth-order valence-corrected chi connectivity index (χ4v) is 6.95. The van der Waals surface area contributed by atoms with Gasteiger partial charge in [-0.15, -0.1) is 0 Å². The molecule has 0 radical (unpaired) electrons. The number of halogens is 1. The van der Waals surface area contributed by atoms with Crippen molar-refractivity contribution < 1.29 is 14.3 Å². The predicted octanol–water partition coefficient (Wildman–Crippen LogP) is 4.90. The molecule has 2 aliphatic heterocycles. The summed E-state index contributed by atoms with van der Waals surface area (Å²) in [5, 5.41) is 23.4. The average Bonchev–Trinajstić information content (AvgIpc) is 3.49. The van der Waals surface area contributed by atoms with Crippen LogP contribution >= 0.6 is 11.6 Å². The van der Waals surface area contributed by atoms with Gasteiger partial charge in [0.1, 0.15) is 0 Å². The van der Waals surface area contributed by atoms with Gasteiger partial charge < -0.3 is 15.0 Å². The van der Waals surface area contributed by atoms with Crippen LogP contribution in [0.5, 0.6) is 0 Å². The average molecular weight is 595 g/mol. The zero-order chi connectivity index (χ0) is 29.5. The van der Waals surface area contributed by atoms with Gasteiger partial charge >= 0.3 is 0 Å². The largest absolute Gasteiger partial charge is 0.618 e. The van der Waals surface area contributed by atoms with Crippen molar-refractivity contribution in [1.29, 1.82) is 0 Å². The highest BCUT2D eigenvalue weighted by atomic mass is 35.5. The van der Waals surface area contributed by atoms with Crippen molar-refractivity contribution in [3.05, 3.63) is 106 Å². The van der Waals surface area contributed by atoms with Crippen molar-refractivity contribution in [1.82, 2.24) is 25.0 Å². The molecule has 1 saturated heterocycles. The Morgan fingerprint density at radius 1 is 1.09 bits per heavy atom. The van der Waals surface area contributed by atoms with Crippen LogP contribution in [-0.2, 0) is 29.1 Å². The molecule has 0 unspecified atom stereocenters. The molecule has 9 nitrogen and oxygen atoms in total. The normalized spacial score (nSPS) is 17.8. The third-order valence-corrected chi connectivity index (χ3v) is 9.29. The Labute approximate surface area is 253 Å². The molecule has 218 valence electrons. The van der Waals surface area contributed by atoms with E-state index in [9.17, 15) is 14.8 Å². The van der Waals surface area contributed by atoms with Crippen molar-refractivity contribution in [2.45, 2.75) is 44.7 Å². The molecule has 1 fully saturated rings. The van der Waals surface area contributed by atoms with Gasteiger partial charge in [0, 0.05) is 67.8 Å². The van der Waals surface area contributed by atoms with Crippen molar-refractivity contribution in [3.8, 4) is 0 Å². The second-order valence-corrected chi connectivity index (χ2v) is 12.0. The minimum atomic E-state index is -0.516. The van der Waals surface area contributed by atoms with E-state index >= 15 is 0 Å². The summed E-state index contributed by atoms with van der Waals surface area (Å²) in [6, 6.07) is 15.5. The third kappa shape index (κ3) is 5.29. The van der Waals surface area contributed by atoms with Gasteiger partial charge in [-0.1, -0.05) is 29.8 Å². The molecular formula is C33H31ClN6O3. The minimum absolute atomic E-state index is 0.0342. The van der Waals surface area contributed by atoms with Crippen LogP contribution in [0.1, 0.15) is 47.6 Å². The fourth-order valence-electron chi connectivity index (χ4n) is 6.68. The molecule has 43 heavy (non-hydrogen) atoms. The lowest BCUT2D eigenvalue weighted by molar-refractivity contribution is -0.614. The first-order valence-corrected chi connectivity index (χ1v) is 15.0. The number of carbonyl (C=O) groups excluding carboxylic acids is 2. The highest BCUT2D eigenvalue weighted by Crippen LogP contribution is 2.35. The standard InChI is InChI=1S/C33H31ClN6O3/c34-29-14-25-13-26(33(42)39(18-21-5-9-35-10-6-21)20-28(25)27-17-36-37-32(27)29)16-31(41)38-11-7-22(8-12-38)30-15-23-3-1-2-4-24(23)19-40(30)43/h1-6,9-10,14-15,17,19,22,26H,7-8,11-13,16,18,20H2,(H,36,37)/t26-/m0/s1. The zero-order valence-corrected chi connectivity index (χ0v) is 24.3. The number of aromatic amines is 1. The molecular weight excluding hydrogens is 564 g/mol. The molecule has 3 aromatic heterocycles. The molecule has 10 heteroatoms. The Balaban J connectivity index is 1.10. The minimum Gasteiger partial charge on any atom is -0.618 e. The quantitative estimate of drug-likeness (QED) is 0.230. The summed E-state index contributed by atoms with van der Waals surface area (Å²) < 4.78 is 0.978. The number of rotatable bonds is 5. The van der Waals surface area contributed by atoms with Gasteiger partial charge in [0.25, 0.3) is 0 Å². The van der Waals surface area contributed by atoms with E-state index in [2.05, 4.69) is 15.2 Å². The number of carbonyl (C=O) groups is 2. The van der Waals surface area contributed by atoms with E-state index in [1.54, 1.807) is 24.8 Å². The van der Waals surface area contributed by atoms with Crippen molar-refractivity contribution in [2.24, 2.45) is 5.92 Å². The van der Waals surface area contributed by atoms with Crippen LogP contribution in [0.2, 0.25) is 5.02 Å². The number of fused-ring (bicyclic) bond motifs is 4. The summed E-state index contributed by atoms with van der Waals surface area (Å²) in [6.45, 7) is 1.92. The fraction of sp³-hybridized carbons (Fsp3) is 0.303. The summed E-state index contributed by atoms with van der Waals surface area (Å²) in [5.41, 5.74) is 4.45. The van der Waals surface area contributed by atoms with Gasteiger partial charge in [-0.3, -0.25) is 19.7 Å². The molecule has 0 spiro atoms. The van der Waals surface area contributed by atoms with Crippen LogP contribution in [0.15, 0.2) is 73.3 Å². The highest BCUT2D eigenvalue weighted by Gasteiger charge is 2.35. The number of H-pyrrole nitrogens is 1. The van der Waals surface area contributed by atoms with E-state index in [1.807, 2.05) is 58.3 Å². The zero-order valence-electron chi connectivity index (χ0n) is 23.6. The Kier molecular flexibility index (Phi) is 7.18. The number of hydrogen-bond donors (Lipinski definition) is 1. The van der Waals surface area contributed by atoms with Gasteiger partial charge in [-0.05, 0) is 65.6 Å². The summed E-state index contributed by atoms with van der Waals surface area (Å²) in [7, 11) is 0. The topological polar surface area (TPSA) is 109 Å². The SMILES string of the molecule is O=C(C[C@@H]1Cc2cc(Cl)c3[nH]ncc3c2CN(Cc2ccncc2)C1=O)N1CCC(c2cc3ccccc3c[n+]2[O-])CC1. The summed E-state index contributed by atoms with van der Waals surface area (Å²) in [6.07, 6.45) is 8.79. The van der Waals surface area contributed by atoms with E-state index < -0.39 is 5.92 Å². The molecule has 1 atom stereocenters. The number of likely N-dealkylation sites (tertiary alicyclic amines) is 1. The first-order valence-electron chi connectivity index (χ1n) is 14.6. The summed E-state index contributed by atoms with van der Waals surface area (Å²) in [4.78, 5) is 35.5. The van der Waals surface area contributed by atoms with Crippen LogP contribution in [0.25, 0.3) is 21.7 Å².